The Morgan fingerprint density at radius 1 is 1.29 bits per heavy atom. The van der Waals surface area contributed by atoms with Gasteiger partial charge in [-0.05, 0) is 44.5 Å². The number of hydrogen-bond acceptors (Lipinski definition) is 2. The van der Waals surface area contributed by atoms with Crippen molar-refractivity contribution >= 4 is 22.9 Å². The molecular weight excluding hydrogens is 214 g/mol. The van der Waals surface area contributed by atoms with Crippen LogP contribution in [0.2, 0.25) is 4.34 Å². The fraction of sp³-hybridized carbons (Fsp3) is 0.636. The van der Waals surface area contributed by atoms with Crippen LogP contribution >= 0.6 is 22.9 Å². The van der Waals surface area contributed by atoms with Gasteiger partial charge in [0.1, 0.15) is 0 Å². The van der Waals surface area contributed by atoms with Crippen LogP contribution in [0.3, 0.4) is 0 Å². The quantitative estimate of drug-likeness (QED) is 0.706. The van der Waals surface area contributed by atoms with Crippen molar-refractivity contribution in [1.29, 1.82) is 0 Å². The average Bonchev–Trinajstić information content (AvgIpc) is 2.58. The summed E-state index contributed by atoms with van der Waals surface area (Å²) in [6.45, 7) is 4.38. The van der Waals surface area contributed by atoms with Gasteiger partial charge in [-0.25, -0.2) is 0 Å². The van der Waals surface area contributed by atoms with E-state index < -0.39 is 0 Å². The molecule has 0 radical (unpaired) electrons. The smallest absolute Gasteiger partial charge is 0.0931 e. The predicted octanol–water partition coefficient (Wildman–Crippen LogP) is 3.72. The second-order valence-electron chi connectivity index (χ2n) is 3.37. The van der Waals surface area contributed by atoms with Gasteiger partial charge in [0.25, 0.3) is 0 Å². The highest BCUT2D eigenvalue weighted by Crippen LogP contribution is 2.22. The van der Waals surface area contributed by atoms with Crippen molar-refractivity contribution in [2.45, 2.75) is 32.6 Å². The summed E-state index contributed by atoms with van der Waals surface area (Å²) in [5, 5.41) is 3.33. The SMILES string of the molecule is CCNCCCCCc1ccc(Cl)s1. The summed E-state index contributed by atoms with van der Waals surface area (Å²) in [6.07, 6.45) is 5.06. The maximum atomic E-state index is 5.85. The fourth-order valence-electron chi connectivity index (χ4n) is 1.39. The molecule has 0 saturated heterocycles. The molecule has 0 saturated carbocycles. The Morgan fingerprint density at radius 3 is 2.79 bits per heavy atom. The van der Waals surface area contributed by atoms with Gasteiger partial charge in [-0.15, -0.1) is 11.3 Å². The molecule has 0 bridgehead atoms. The fourth-order valence-corrected chi connectivity index (χ4v) is 2.52. The van der Waals surface area contributed by atoms with Crippen molar-refractivity contribution in [3.8, 4) is 0 Å². The summed E-state index contributed by atoms with van der Waals surface area (Å²) < 4.78 is 0.910. The van der Waals surface area contributed by atoms with Crippen molar-refractivity contribution in [2.75, 3.05) is 13.1 Å². The van der Waals surface area contributed by atoms with Gasteiger partial charge >= 0.3 is 0 Å². The minimum absolute atomic E-state index is 0.910. The Balaban J connectivity index is 1.99. The Morgan fingerprint density at radius 2 is 2.14 bits per heavy atom. The number of unbranched alkanes of at least 4 members (excludes halogenated alkanes) is 2. The van der Waals surface area contributed by atoms with E-state index in [0.29, 0.717) is 0 Å². The van der Waals surface area contributed by atoms with Crippen molar-refractivity contribution in [1.82, 2.24) is 5.32 Å². The first-order valence-electron chi connectivity index (χ1n) is 5.28. The number of nitrogens with one attached hydrogen (secondary N) is 1. The molecule has 1 aromatic rings. The first kappa shape index (κ1) is 12.0. The Labute approximate surface area is 95.5 Å². The molecule has 1 heterocycles. The standard InChI is InChI=1S/C11H18ClNS/c1-2-13-9-5-3-4-6-10-7-8-11(12)14-10/h7-8,13H,2-6,9H2,1H3. The van der Waals surface area contributed by atoms with E-state index in [1.807, 2.05) is 6.07 Å². The van der Waals surface area contributed by atoms with Gasteiger partial charge in [0.05, 0.1) is 4.34 Å². The van der Waals surface area contributed by atoms with Crippen LogP contribution in [0.15, 0.2) is 12.1 Å². The summed E-state index contributed by atoms with van der Waals surface area (Å²) in [4.78, 5) is 1.42. The van der Waals surface area contributed by atoms with Crippen LogP contribution in [0, 0.1) is 0 Å². The lowest BCUT2D eigenvalue weighted by Crippen LogP contribution is -2.13. The van der Waals surface area contributed by atoms with Crippen molar-refractivity contribution in [2.24, 2.45) is 0 Å². The van der Waals surface area contributed by atoms with Crippen LogP contribution in [0.25, 0.3) is 0 Å². The first-order valence-corrected chi connectivity index (χ1v) is 6.47. The molecule has 0 atom stereocenters. The van der Waals surface area contributed by atoms with Crippen LogP contribution in [-0.4, -0.2) is 13.1 Å². The molecular formula is C11H18ClNS. The zero-order valence-corrected chi connectivity index (χ0v) is 10.3. The lowest BCUT2D eigenvalue weighted by molar-refractivity contribution is 0.618. The molecule has 0 aliphatic heterocycles. The molecule has 1 N–H and O–H groups in total. The lowest BCUT2D eigenvalue weighted by atomic mass is 10.2. The van der Waals surface area contributed by atoms with Crippen molar-refractivity contribution in [3.05, 3.63) is 21.3 Å². The van der Waals surface area contributed by atoms with Crippen molar-refractivity contribution in [3.63, 3.8) is 0 Å². The zero-order chi connectivity index (χ0) is 10.2. The van der Waals surface area contributed by atoms with Gasteiger partial charge in [0.15, 0.2) is 0 Å². The van der Waals surface area contributed by atoms with Gasteiger partial charge in [-0.2, -0.15) is 0 Å². The van der Waals surface area contributed by atoms with E-state index in [2.05, 4.69) is 18.3 Å². The van der Waals surface area contributed by atoms with E-state index in [4.69, 9.17) is 11.6 Å². The summed E-state index contributed by atoms with van der Waals surface area (Å²) >= 11 is 7.56. The molecule has 0 fully saturated rings. The van der Waals surface area contributed by atoms with Gasteiger partial charge in [0.2, 0.25) is 0 Å². The highest BCUT2D eigenvalue weighted by molar-refractivity contribution is 7.16. The Hall–Kier alpha value is -0.0500. The second-order valence-corrected chi connectivity index (χ2v) is 5.17. The molecule has 0 aliphatic rings. The molecule has 80 valence electrons. The van der Waals surface area contributed by atoms with Gasteiger partial charge in [-0.1, -0.05) is 24.9 Å². The third-order valence-electron chi connectivity index (χ3n) is 2.16. The zero-order valence-electron chi connectivity index (χ0n) is 8.68. The molecule has 0 spiro atoms. The van der Waals surface area contributed by atoms with Gasteiger partial charge < -0.3 is 5.32 Å². The maximum absolute atomic E-state index is 5.85. The summed E-state index contributed by atoms with van der Waals surface area (Å²) in [7, 11) is 0. The highest BCUT2D eigenvalue weighted by atomic mass is 35.5. The van der Waals surface area contributed by atoms with Crippen LogP contribution < -0.4 is 5.32 Å². The molecule has 1 nitrogen and oxygen atoms in total. The van der Waals surface area contributed by atoms with E-state index in [9.17, 15) is 0 Å². The van der Waals surface area contributed by atoms with Crippen LogP contribution in [0.4, 0.5) is 0 Å². The van der Waals surface area contributed by atoms with Crippen LogP contribution in [-0.2, 0) is 6.42 Å². The second kappa shape index (κ2) is 7.27. The summed E-state index contributed by atoms with van der Waals surface area (Å²) in [6, 6.07) is 4.12. The van der Waals surface area contributed by atoms with Crippen LogP contribution in [0.5, 0.6) is 0 Å². The van der Waals surface area contributed by atoms with Gasteiger partial charge in [-0.3, -0.25) is 0 Å². The Bertz CT molecular complexity index is 247. The highest BCUT2D eigenvalue weighted by Gasteiger charge is 1.97. The molecule has 0 aliphatic carbocycles. The third-order valence-corrected chi connectivity index (χ3v) is 3.45. The maximum Gasteiger partial charge on any atom is 0.0931 e. The summed E-state index contributed by atoms with van der Waals surface area (Å²) in [5.41, 5.74) is 0. The lowest BCUT2D eigenvalue weighted by Gasteiger charge is -2.00. The predicted molar refractivity (Wildman–Crippen MR) is 65.4 cm³/mol. The monoisotopic (exact) mass is 231 g/mol. The molecule has 0 amide bonds. The topological polar surface area (TPSA) is 12.0 Å². The van der Waals surface area contributed by atoms with E-state index in [-0.39, 0.29) is 0 Å². The van der Waals surface area contributed by atoms with E-state index in [0.717, 1.165) is 17.4 Å². The minimum Gasteiger partial charge on any atom is -0.317 e. The number of halogens is 1. The number of aryl methyl sites for hydroxylation is 1. The molecule has 14 heavy (non-hydrogen) atoms. The molecule has 1 aromatic heterocycles. The number of rotatable bonds is 7. The Kier molecular flexibility index (Phi) is 6.24. The molecule has 0 aromatic carbocycles. The molecule has 0 unspecified atom stereocenters. The molecule has 3 heteroatoms. The first-order chi connectivity index (χ1) is 6.83. The average molecular weight is 232 g/mol. The van der Waals surface area contributed by atoms with Crippen molar-refractivity contribution < 1.29 is 0 Å². The summed E-state index contributed by atoms with van der Waals surface area (Å²) in [5.74, 6) is 0. The largest absolute Gasteiger partial charge is 0.317 e. The van der Waals surface area contributed by atoms with Gasteiger partial charge in [0, 0.05) is 4.88 Å². The van der Waals surface area contributed by atoms with E-state index >= 15 is 0 Å². The normalized spacial score (nSPS) is 10.7. The third kappa shape index (κ3) is 4.99. The molecule has 1 rings (SSSR count). The number of hydrogen-bond donors (Lipinski definition) is 1. The van der Waals surface area contributed by atoms with E-state index in [1.54, 1.807) is 11.3 Å². The number of thiophene rings is 1. The van der Waals surface area contributed by atoms with E-state index in [1.165, 1.54) is 30.6 Å². The van der Waals surface area contributed by atoms with Crippen LogP contribution in [0.1, 0.15) is 31.1 Å². The minimum atomic E-state index is 0.910.